The first-order chi connectivity index (χ1) is 10.1. The molecule has 5 heteroatoms. The lowest BCUT2D eigenvalue weighted by Gasteiger charge is -2.19. The molecule has 2 aromatic carbocycles. The van der Waals surface area contributed by atoms with Gasteiger partial charge in [0.05, 0.1) is 26.7 Å². The third-order valence-electron chi connectivity index (χ3n) is 3.15. The molecule has 0 aromatic heterocycles. The lowest BCUT2D eigenvalue weighted by atomic mass is 10.0. The highest BCUT2D eigenvalue weighted by atomic mass is 127. The molecule has 0 aliphatic rings. The summed E-state index contributed by atoms with van der Waals surface area (Å²) in [6.07, 6.45) is 0. The quantitative estimate of drug-likeness (QED) is 0.523. The normalized spacial score (nSPS) is 11.9. The van der Waals surface area contributed by atoms with E-state index in [1.54, 1.807) is 21.3 Å². The second kappa shape index (κ2) is 7.22. The van der Waals surface area contributed by atoms with Crippen LogP contribution in [0.2, 0.25) is 0 Å². The van der Waals surface area contributed by atoms with Gasteiger partial charge in [-0.15, -0.1) is 11.6 Å². The fraction of sp³-hybridized carbons (Fsp3) is 0.250. The molecular formula is C16H16ClIO3. The smallest absolute Gasteiger partial charge is 0.203 e. The fourth-order valence-electron chi connectivity index (χ4n) is 2.17. The number of halogens is 2. The predicted molar refractivity (Wildman–Crippen MR) is 93.0 cm³/mol. The molecule has 0 aliphatic carbocycles. The first kappa shape index (κ1) is 16.2. The number of rotatable bonds is 5. The maximum absolute atomic E-state index is 6.63. The summed E-state index contributed by atoms with van der Waals surface area (Å²) >= 11 is 8.90. The van der Waals surface area contributed by atoms with Gasteiger partial charge in [-0.05, 0) is 52.4 Å². The van der Waals surface area contributed by atoms with Gasteiger partial charge in [0.2, 0.25) is 5.75 Å². The molecule has 112 valence electrons. The van der Waals surface area contributed by atoms with Gasteiger partial charge in [0.15, 0.2) is 11.5 Å². The minimum absolute atomic E-state index is 0.325. The molecule has 1 unspecified atom stereocenters. The van der Waals surface area contributed by atoms with Gasteiger partial charge < -0.3 is 14.2 Å². The number of hydrogen-bond donors (Lipinski definition) is 0. The Balaban J connectivity index is 2.53. The number of methoxy groups -OCH3 is 3. The Morgan fingerprint density at radius 2 is 1.67 bits per heavy atom. The van der Waals surface area contributed by atoms with E-state index < -0.39 is 0 Å². The topological polar surface area (TPSA) is 27.7 Å². The van der Waals surface area contributed by atoms with E-state index >= 15 is 0 Å². The maximum Gasteiger partial charge on any atom is 0.203 e. The zero-order chi connectivity index (χ0) is 15.4. The summed E-state index contributed by atoms with van der Waals surface area (Å²) in [5.41, 5.74) is 1.85. The van der Waals surface area contributed by atoms with Crippen LogP contribution < -0.4 is 14.2 Å². The molecule has 3 nitrogen and oxygen atoms in total. The predicted octanol–water partition coefficient (Wildman–Crippen LogP) is 4.65. The Hall–Kier alpha value is -1.14. The zero-order valence-electron chi connectivity index (χ0n) is 12.0. The number of ether oxygens (including phenoxy) is 3. The van der Waals surface area contributed by atoms with Crippen molar-refractivity contribution < 1.29 is 14.2 Å². The van der Waals surface area contributed by atoms with E-state index in [1.807, 2.05) is 36.4 Å². The summed E-state index contributed by atoms with van der Waals surface area (Å²) in [5.74, 6) is 1.76. The Morgan fingerprint density at radius 3 is 2.24 bits per heavy atom. The van der Waals surface area contributed by atoms with Crippen molar-refractivity contribution in [1.29, 1.82) is 0 Å². The van der Waals surface area contributed by atoms with Crippen LogP contribution in [0.3, 0.4) is 0 Å². The highest BCUT2D eigenvalue weighted by Gasteiger charge is 2.22. The monoisotopic (exact) mass is 418 g/mol. The van der Waals surface area contributed by atoms with Crippen molar-refractivity contribution in [2.24, 2.45) is 0 Å². The van der Waals surface area contributed by atoms with Gasteiger partial charge in [0.25, 0.3) is 0 Å². The van der Waals surface area contributed by atoms with Crippen LogP contribution in [-0.4, -0.2) is 21.3 Å². The van der Waals surface area contributed by atoms with Crippen LogP contribution in [0.25, 0.3) is 0 Å². The molecule has 2 rings (SSSR count). The molecule has 2 aromatic rings. The van der Waals surface area contributed by atoms with Crippen molar-refractivity contribution in [3.8, 4) is 17.2 Å². The standard InChI is InChI=1S/C16H16ClIO3/c1-19-13-8-7-12(15(20-2)16(13)21-3)14(17)10-5-4-6-11(18)9-10/h4-9,14H,1-3H3. The van der Waals surface area contributed by atoms with Gasteiger partial charge in [0, 0.05) is 9.13 Å². The average Bonchev–Trinajstić information content (AvgIpc) is 2.52. The molecule has 0 amide bonds. The van der Waals surface area contributed by atoms with Gasteiger partial charge in [-0.3, -0.25) is 0 Å². The second-order valence-electron chi connectivity index (χ2n) is 4.34. The van der Waals surface area contributed by atoms with Gasteiger partial charge in [-0.25, -0.2) is 0 Å². The molecule has 0 aliphatic heterocycles. The van der Waals surface area contributed by atoms with E-state index in [0.717, 1.165) is 14.7 Å². The van der Waals surface area contributed by atoms with Crippen LogP contribution in [0, 0.1) is 3.57 Å². The molecule has 0 saturated carbocycles. The van der Waals surface area contributed by atoms with Crippen LogP contribution in [0.15, 0.2) is 36.4 Å². The van der Waals surface area contributed by atoms with E-state index in [9.17, 15) is 0 Å². The SMILES string of the molecule is COc1ccc(C(Cl)c2cccc(I)c2)c(OC)c1OC. The van der Waals surface area contributed by atoms with E-state index in [1.165, 1.54) is 0 Å². The summed E-state index contributed by atoms with van der Waals surface area (Å²) in [6.45, 7) is 0. The van der Waals surface area contributed by atoms with Crippen molar-refractivity contribution >= 4 is 34.2 Å². The highest BCUT2D eigenvalue weighted by molar-refractivity contribution is 14.1. The summed E-state index contributed by atoms with van der Waals surface area (Å²) in [6, 6.07) is 11.8. The lowest BCUT2D eigenvalue weighted by molar-refractivity contribution is 0.322. The molecule has 0 fully saturated rings. The van der Waals surface area contributed by atoms with Crippen molar-refractivity contribution in [2.75, 3.05) is 21.3 Å². The highest BCUT2D eigenvalue weighted by Crippen LogP contribution is 2.45. The molecule has 1 atom stereocenters. The van der Waals surface area contributed by atoms with E-state index in [0.29, 0.717) is 17.2 Å². The van der Waals surface area contributed by atoms with Crippen molar-refractivity contribution in [1.82, 2.24) is 0 Å². The molecule has 21 heavy (non-hydrogen) atoms. The van der Waals surface area contributed by atoms with Crippen LogP contribution in [-0.2, 0) is 0 Å². The minimum atomic E-state index is -0.325. The molecule has 0 heterocycles. The fourth-order valence-corrected chi connectivity index (χ4v) is 3.04. The van der Waals surface area contributed by atoms with Gasteiger partial charge in [-0.1, -0.05) is 12.1 Å². The Labute approximate surface area is 143 Å². The maximum atomic E-state index is 6.63. The van der Waals surface area contributed by atoms with Gasteiger partial charge >= 0.3 is 0 Å². The van der Waals surface area contributed by atoms with E-state index in [-0.39, 0.29) is 5.38 Å². The van der Waals surface area contributed by atoms with Crippen LogP contribution >= 0.6 is 34.2 Å². The number of hydrogen-bond acceptors (Lipinski definition) is 3. The summed E-state index contributed by atoms with van der Waals surface area (Å²) in [4.78, 5) is 0. The van der Waals surface area contributed by atoms with E-state index in [2.05, 4.69) is 22.6 Å². The Kier molecular flexibility index (Phi) is 5.58. The lowest BCUT2D eigenvalue weighted by Crippen LogP contribution is -2.02. The average molecular weight is 419 g/mol. The third-order valence-corrected chi connectivity index (χ3v) is 4.31. The molecule has 0 saturated heterocycles. The van der Waals surface area contributed by atoms with Crippen molar-refractivity contribution in [2.45, 2.75) is 5.38 Å². The summed E-state index contributed by atoms with van der Waals surface area (Å²) in [5, 5.41) is -0.325. The minimum Gasteiger partial charge on any atom is -0.493 e. The van der Waals surface area contributed by atoms with Crippen LogP contribution in [0.1, 0.15) is 16.5 Å². The van der Waals surface area contributed by atoms with Crippen molar-refractivity contribution in [3.05, 3.63) is 51.1 Å². The summed E-state index contributed by atoms with van der Waals surface area (Å²) in [7, 11) is 4.77. The zero-order valence-corrected chi connectivity index (χ0v) is 14.9. The van der Waals surface area contributed by atoms with Crippen LogP contribution in [0.5, 0.6) is 17.2 Å². The van der Waals surface area contributed by atoms with E-state index in [4.69, 9.17) is 25.8 Å². The van der Waals surface area contributed by atoms with Crippen molar-refractivity contribution in [3.63, 3.8) is 0 Å². The first-order valence-corrected chi connectivity index (χ1v) is 7.82. The summed E-state index contributed by atoms with van der Waals surface area (Å²) < 4.78 is 17.3. The molecule has 0 radical (unpaired) electrons. The molecule has 0 N–H and O–H groups in total. The van der Waals surface area contributed by atoms with Crippen LogP contribution in [0.4, 0.5) is 0 Å². The second-order valence-corrected chi connectivity index (χ2v) is 6.02. The third kappa shape index (κ3) is 3.37. The number of alkyl halides is 1. The molecule has 0 spiro atoms. The van der Waals surface area contributed by atoms with Gasteiger partial charge in [-0.2, -0.15) is 0 Å². The molecule has 0 bridgehead atoms. The Morgan fingerprint density at radius 1 is 0.952 bits per heavy atom. The largest absolute Gasteiger partial charge is 0.493 e. The Bertz CT molecular complexity index is 631. The first-order valence-electron chi connectivity index (χ1n) is 6.30. The van der Waals surface area contributed by atoms with Gasteiger partial charge in [0.1, 0.15) is 0 Å². The number of benzene rings is 2. The molecular weight excluding hydrogens is 403 g/mol.